The van der Waals surface area contributed by atoms with Crippen molar-refractivity contribution in [2.45, 2.75) is 19.9 Å². The summed E-state index contributed by atoms with van der Waals surface area (Å²) in [6, 6.07) is 3.37. The molecule has 0 atom stereocenters. The minimum atomic E-state index is -0.416. The van der Waals surface area contributed by atoms with Crippen molar-refractivity contribution in [1.82, 2.24) is 25.1 Å². The van der Waals surface area contributed by atoms with E-state index in [0.29, 0.717) is 11.5 Å². The molecule has 2 aromatic heterocycles. The van der Waals surface area contributed by atoms with Gasteiger partial charge < -0.3 is 10.6 Å². The normalized spacial score (nSPS) is 10.8. The van der Waals surface area contributed by atoms with Crippen LogP contribution in [0.4, 0.5) is 5.82 Å². The standard InChI is InChI=1S/C10H14N6O2/c1-6(2)12-9(17)5-11-7-3-4-8-13-14-10(18)16(8)15-7/h3-4,6H,5H2,1-2H3,(H,11,15)(H,12,17)(H,14,18). The predicted molar refractivity (Wildman–Crippen MR) is 65.4 cm³/mol. The van der Waals surface area contributed by atoms with E-state index in [0.717, 1.165) is 4.52 Å². The van der Waals surface area contributed by atoms with Crippen LogP contribution in [0.1, 0.15) is 13.8 Å². The van der Waals surface area contributed by atoms with Crippen molar-refractivity contribution in [1.29, 1.82) is 0 Å². The molecule has 8 nitrogen and oxygen atoms in total. The number of fused-ring (bicyclic) bond motifs is 1. The van der Waals surface area contributed by atoms with Crippen LogP contribution in [0.3, 0.4) is 0 Å². The zero-order chi connectivity index (χ0) is 13.1. The molecule has 3 N–H and O–H groups in total. The maximum Gasteiger partial charge on any atom is 0.364 e. The summed E-state index contributed by atoms with van der Waals surface area (Å²) in [7, 11) is 0. The summed E-state index contributed by atoms with van der Waals surface area (Å²) < 4.78 is 1.13. The van der Waals surface area contributed by atoms with E-state index in [1.807, 2.05) is 13.8 Å². The minimum absolute atomic E-state index is 0.0891. The number of nitrogens with zero attached hydrogens (tertiary/aromatic N) is 3. The van der Waals surface area contributed by atoms with E-state index in [2.05, 4.69) is 25.9 Å². The average molecular weight is 250 g/mol. The lowest BCUT2D eigenvalue weighted by Gasteiger charge is -2.09. The van der Waals surface area contributed by atoms with Crippen molar-refractivity contribution in [2.24, 2.45) is 0 Å². The number of hydrogen-bond donors (Lipinski definition) is 3. The molecule has 0 aliphatic heterocycles. The summed E-state index contributed by atoms with van der Waals surface area (Å²) in [6.45, 7) is 3.86. The first-order valence-corrected chi connectivity index (χ1v) is 5.54. The third kappa shape index (κ3) is 2.65. The fourth-order valence-electron chi connectivity index (χ4n) is 1.44. The Hall–Kier alpha value is -2.38. The lowest BCUT2D eigenvalue weighted by molar-refractivity contribution is -0.119. The number of anilines is 1. The molecule has 2 rings (SSSR count). The second kappa shape index (κ2) is 4.86. The Bertz CT molecular complexity index is 614. The molecule has 0 saturated heterocycles. The number of carbonyl (C=O) groups excluding carboxylic acids is 1. The van der Waals surface area contributed by atoms with Crippen molar-refractivity contribution in [3.8, 4) is 0 Å². The number of hydrogen-bond acceptors (Lipinski definition) is 5. The molecule has 0 spiro atoms. The maximum absolute atomic E-state index is 11.4. The third-order valence-corrected chi connectivity index (χ3v) is 2.15. The number of nitrogens with one attached hydrogen (secondary N) is 3. The smallest absolute Gasteiger partial charge is 0.360 e. The molecule has 0 aliphatic carbocycles. The molecule has 0 bridgehead atoms. The van der Waals surface area contributed by atoms with Gasteiger partial charge in [0.25, 0.3) is 0 Å². The van der Waals surface area contributed by atoms with Gasteiger partial charge in [-0.05, 0) is 26.0 Å². The summed E-state index contributed by atoms with van der Waals surface area (Å²) >= 11 is 0. The second-order valence-electron chi connectivity index (χ2n) is 4.09. The van der Waals surface area contributed by atoms with Crippen LogP contribution in [0.25, 0.3) is 5.65 Å². The van der Waals surface area contributed by atoms with Gasteiger partial charge in [0, 0.05) is 6.04 Å². The van der Waals surface area contributed by atoms with Gasteiger partial charge in [-0.2, -0.15) is 9.61 Å². The van der Waals surface area contributed by atoms with E-state index in [1.165, 1.54) is 0 Å². The number of H-pyrrole nitrogens is 1. The van der Waals surface area contributed by atoms with Gasteiger partial charge in [-0.15, -0.1) is 5.10 Å². The fourth-order valence-corrected chi connectivity index (χ4v) is 1.44. The Morgan fingerprint density at radius 1 is 1.50 bits per heavy atom. The second-order valence-corrected chi connectivity index (χ2v) is 4.09. The largest absolute Gasteiger partial charge is 0.364 e. The molecule has 0 unspecified atom stereocenters. The maximum atomic E-state index is 11.4. The number of amides is 1. The summed E-state index contributed by atoms with van der Waals surface area (Å²) in [4.78, 5) is 22.7. The van der Waals surface area contributed by atoms with Gasteiger partial charge in [-0.3, -0.25) is 4.79 Å². The molecule has 0 aromatic carbocycles. The highest BCUT2D eigenvalue weighted by molar-refractivity contribution is 5.80. The highest BCUT2D eigenvalue weighted by atomic mass is 16.2. The van der Waals surface area contributed by atoms with Gasteiger partial charge in [0.05, 0.1) is 6.54 Å². The molecular weight excluding hydrogens is 236 g/mol. The number of rotatable bonds is 4. The molecule has 0 radical (unpaired) electrons. The molecule has 8 heteroatoms. The van der Waals surface area contributed by atoms with Crippen LogP contribution >= 0.6 is 0 Å². The lowest BCUT2D eigenvalue weighted by atomic mass is 10.4. The summed E-state index contributed by atoms with van der Waals surface area (Å²) in [5.74, 6) is 0.302. The summed E-state index contributed by atoms with van der Waals surface area (Å²) in [5, 5.41) is 15.6. The molecule has 0 fully saturated rings. The first-order valence-electron chi connectivity index (χ1n) is 5.54. The summed E-state index contributed by atoms with van der Waals surface area (Å²) in [5.41, 5.74) is 0.0115. The molecule has 96 valence electrons. The van der Waals surface area contributed by atoms with Crippen molar-refractivity contribution in [3.63, 3.8) is 0 Å². The van der Waals surface area contributed by atoms with E-state index >= 15 is 0 Å². The molecule has 18 heavy (non-hydrogen) atoms. The number of aromatic amines is 1. The molecule has 0 aliphatic rings. The Morgan fingerprint density at radius 2 is 2.28 bits per heavy atom. The summed E-state index contributed by atoms with van der Waals surface area (Å²) in [6.07, 6.45) is 0. The van der Waals surface area contributed by atoms with Crippen LogP contribution in [0, 0.1) is 0 Å². The number of carbonyl (C=O) groups is 1. The fraction of sp³-hybridized carbons (Fsp3) is 0.400. The van der Waals surface area contributed by atoms with Crippen LogP contribution < -0.4 is 16.3 Å². The first-order chi connectivity index (χ1) is 8.56. The highest BCUT2D eigenvalue weighted by Gasteiger charge is 2.05. The van der Waals surface area contributed by atoms with Gasteiger partial charge >= 0.3 is 5.69 Å². The van der Waals surface area contributed by atoms with E-state index in [9.17, 15) is 9.59 Å². The van der Waals surface area contributed by atoms with Crippen molar-refractivity contribution in [3.05, 3.63) is 22.6 Å². The Labute approximate surface area is 102 Å². The van der Waals surface area contributed by atoms with Crippen molar-refractivity contribution >= 4 is 17.4 Å². The molecule has 2 aromatic rings. The monoisotopic (exact) mass is 250 g/mol. The van der Waals surface area contributed by atoms with E-state index < -0.39 is 5.69 Å². The van der Waals surface area contributed by atoms with E-state index in [1.54, 1.807) is 12.1 Å². The molecular formula is C10H14N6O2. The Morgan fingerprint density at radius 3 is 3.00 bits per heavy atom. The minimum Gasteiger partial charge on any atom is -0.360 e. The van der Waals surface area contributed by atoms with Crippen LogP contribution in [-0.2, 0) is 4.79 Å². The van der Waals surface area contributed by atoms with Crippen LogP contribution in [0.5, 0.6) is 0 Å². The van der Waals surface area contributed by atoms with E-state index in [-0.39, 0.29) is 18.5 Å². The van der Waals surface area contributed by atoms with Gasteiger partial charge in [0.1, 0.15) is 5.82 Å². The van der Waals surface area contributed by atoms with Gasteiger partial charge in [0.2, 0.25) is 5.91 Å². The van der Waals surface area contributed by atoms with Gasteiger partial charge in [-0.25, -0.2) is 9.89 Å². The lowest BCUT2D eigenvalue weighted by Crippen LogP contribution is -2.35. The third-order valence-electron chi connectivity index (χ3n) is 2.15. The molecule has 1 amide bonds. The van der Waals surface area contributed by atoms with Crippen molar-refractivity contribution < 1.29 is 4.79 Å². The zero-order valence-corrected chi connectivity index (χ0v) is 10.1. The van der Waals surface area contributed by atoms with Gasteiger partial charge in [0.15, 0.2) is 5.65 Å². The van der Waals surface area contributed by atoms with E-state index in [4.69, 9.17) is 0 Å². The van der Waals surface area contributed by atoms with Crippen LogP contribution in [-0.4, -0.2) is 38.3 Å². The van der Waals surface area contributed by atoms with Gasteiger partial charge in [-0.1, -0.05) is 0 Å². The SMILES string of the molecule is CC(C)NC(=O)CNc1ccc2n[nH]c(=O)n2n1. The first kappa shape index (κ1) is 12.1. The number of aromatic nitrogens is 4. The Balaban J connectivity index is 2.06. The topological polar surface area (TPSA) is 104 Å². The highest BCUT2D eigenvalue weighted by Crippen LogP contribution is 2.01. The zero-order valence-electron chi connectivity index (χ0n) is 10.1. The molecule has 2 heterocycles. The molecule has 0 saturated carbocycles. The van der Waals surface area contributed by atoms with Crippen molar-refractivity contribution in [2.75, 3.05) is 11.9 Å². The quantitative estimate of drug-likeness (QED) is 0.669. The average Bonchev–Trinajstić information content (AvgIpc) is 2.68. The van der Waals surface area contributed by atoms with Crippen LogP contribution in [0.2, 0.25) is 0 Å². The predicted octanol–water partition coefficient (Wildman–Crippen LogP) is -0.646. The Kier molecular flexibility index (Phi) is 3.26. The van der Waals surface area contributed by atoms with Crippen LogP contribution in [0.15, 0.2) is 16.9 Å².